The second-order valence-corrected chi connectivity index (χ2v) is 5.14. The van der Waals surface area contributed by atoms with Crippen molar-refractivity contribution in [1.82, 2.24) is 0 Å². The van der Waals surface area contributed by atoms with Crippen molar-refractivity contribution in [2.24, 2.45) is 5.73 Å². The Bertz CT molecular complexity index is 297. The van der Waals surface area contributed by atoms with E-state index in [1.54, 1.807) is 0 Å². The van der Waals surface area contributed by atoms with Crippen molar-refractivity contribution in [1.29, 1.82) is 0 Å². The highest BCUT2D eigenvalue weighted by Crippen LogP contribution is 2.33. The van der Waals surface area contributed by atoms with Crippen LogP contribution in [-0.2, 0) is 0 Å². The molecule has 0 bridgehead atoms. The molecular weight excluding hydrogens is 350 g/mol. The maximum atomic E-state index is 5.78. The summed E-state index contributed by atoms with van der Waals surface area (Å²) >= 11 is 10.3. The van der Waals surface area contributed by atoms with Gasteiger partial charge in [0.1, 0.15) is 0 Å². The van der Waals surface area contributed by atoms with Crippen LogP contribution in [0.4, 0.5) is 0 Å². The zero-order valence-electron chi connectivity index (χ0n) is 6.44. The number of nitrogens with two attached hydrogens (primary N) is 1. The highest BCUT2D eigenvalue weighted by Gasteiger charge is 2.08. The summed E-state index contributed by atoms with van der Waals surface area (Å²) in [5.41, 5.74) is 6.87. The summed E-state index contributed by atoms with van der Waals surface area (Å²) in [5, 5.41) is 0. The molecule has 0 aliphatic carbocycles. The average molecular weight is 358 g/mol. The smallest absolute Gasteiger partial charge is 0.0365 e. The highest BCUT2D eigenvalue weighted by molar-refractivity contribution is 9.13. The molecule has 1 rings (SSSR count). The fraction of sp³-hybridized carbons (Fsp3) is 0.250. The minimum atomic E-state index is 0.0353. The third-order valence-corrected chi connectivity index (χ3v) is 4.01. The van der Waals surface area contributed by atoms with E-state index in [1.807, 2.05) is 19.1 Å². The van der Waals surface area contributed by atoms with E-state index >= 15 is 0 Å². The lowest BCUT2D eigenvalue weighted by Gasteiger charge is -2.10. The molecule has 0 saturated carbocycles. The number of rotatable bonds is 1. The summed E-state index contributed by atoms with van der Waals surface area (Å²) in [7, 11) is 0. The van der Waals surface area contributed by atoms with E-state index in [-0.39, 0.29) is 6.04 Å². The molecule has 1 aromatic rings. The van der Waals surface area contributed by atoms with Gasteiger partial charge < -0.3 is 5.73 Å². The minimum absolute atomic E-state index is 0.0353. The van der Waals surface area contributed by atoms with Crippen LogP contribution < -0.4 is 5.73 Å². The van der Waals surface area contributed by atoms with Crippen molar-refractivity contribution >= 4 is 47.8 Å². The third-order valence-electron chi connectivity index (χ3n) is 1.51. The summed E-state index contributed by atoms with van der Waals surface area (Å²) in [6.45, 7) is 1.96. The average Bonchev–Trinajstić information content (AvgIpc) is 1.96. The molecule has 0 spiro atoms. The second-order valence-electron chi connectivity index (χ2n) is 2.58. The molecule has 0 aliphatic heterocycles. The largest absolute Gasteiger partial charge is 0.324 e. The molecule has 0 fully saturated rings. The summed E-state index contributed by atoms with van der Waals surface area (Å²) in [6, 6.07) is 4.03. The fourth-order valence-electron chi connectivity index (χ4n) is 0.907. The summed E-state index contributed by atoms with van der Waals surface area (Å²) in [5.74, 6) is 0. The fourth-order valence-corrected chi connectivity index (χ4v) is 2.76. The molecular formula is C8H8Br3N. The van der Waals surface area contributed by atoms with Gasteiger partial charge in [0.15, 0.2) is 0 Å². The molecule has 0 saturated heterocycles. The highest BCUT2D eigenvalue weighted by atomic mass is 79.9. The molecule has 0 heterocycles. The van der Waals surface area contributed by atoms with Crippen LogP contribution in [0.3, 0.4) is 0 Å². The van der Waals surface area contributed by atoms with Crippen LogP contribution in [0.15, 0.2) is 25.6 Å². The van der Waals surface area contributed by atoms with Gasteiger partial charge >= 0.3 is 0 Å². The minimum Gasteiger partial charge on any atom is -0.324 e. The Hall–Kier alpha value is 0.620. The van der Waals surface area contributed by atoms with Crippen molar-refractivity contribution < 1.29 is 0 Å². The number of hydrogen-bond acceptors (Lipinski definition) is 1. The van der Waals surface area contributed by atoms with Crippen molar-refractivity contribution in [3.8, 4) is 0 Å². The molecule has 0 radical (unpaired) electrons. The van der Waals surface area contributed by atoms with Crippen LogP contribution in [0.2, 0.25) is 0 Å². The standard InChI is InChI=1S/C8H8Br3N/c1-4(12)6-2-5(9)3-7(10)8(6)11/h2-4H,12H2,1H3. The summed E-state index contributed by atoms with van der Waals surface area (Å²) in [4.78, 5) is 0. The molecule has 1 nitrogen and oxygen atoms in total. The van der Waals surface area contributed by atoms with Gasteiger partial charge in [-0.2, -0.15) is 0 Å². The Morgan fingerprint density at radius 1 is 1.25 bits per heavy atom. The maximum absolute atomic E-state index is 5.78. The molecule has 2 N–H and O–H groups in total. The monoisotopic (exact) mass is 355 g/mol. The van der Waals surface area contributed by atoms with Gasteiger partial charge in [-0.25, -0.2) is 0 Å². The van der Waals surface area contributed by atoms with Gasteiger partial charge in [-0.1, -0.05) is 15.9 Å². The van der Waals surface area contributed by atoms with E-state index in [4.69, 9.17) is 5.73 Å². The zero-order chi connectivity index (χ0) is 9.30. The third kappa shape index (κ3) is 2.31. The van der Waals surface area contributed by atoms with E-state index in [2.05, 4.69) is 47.8 Å². The first kappa shape index (κ1) is 10.7. The van der Waals surface area contributed by atoms with E-state index in [0.717, 1.165) is 19.0 Å². The van der Waals surface area contributed by atoms with Gasteiger partial charge in [0.05, 0.1) is 0 Å². The lowest BCUT2D eigenvalue weighted by Crippen LogP contribution is -2.05. The molecule has 0 amide bonds. The topological polar surface area (TPSA) is 26.0 Å². The molecule has 1 aromatic carbocycles. The van der Waals surface area contributed by atoms with Crippen molar-refractivity contribution in [2.75, 3.05) is 0 Å². The Balaban J connectivity index is 3.28. The van der Waals surface area contributed by atoms with Crippen LogP contribution in [0.5, 0.6) is 0 Å². The van der Waals surface area contributed by atoms with Crippen LogP contribution in [0.25, 0.3) is 0 Å². The van der Waals surface area contributed by atoms with Crippen LogP contribution >= 0.6 is 47.8 Å². The van der Waals surface area contributed by atoms with Gasteiger partial charge in [-0.15, -0.1) is 0 Å². The Labute approximate surface area is 97.1 Å². The second kappa shape index (κ2) is 4.22. The first-order chi connectivity index (χ1) is 5.52. The molecule has 0 aliphatic rings. The van der Waals surface area contributed by atoms with Crippen LogP contribution in [-0.4, -0.2) is 0 Å². The first-order valence-corrected chi connectivity index (χ1v) is 5.80. The molecule has 4 heteroatoms. The molecule has 12 heavy (non-hydrogen) atoms. The first-order valence-electron chi connectivity index (χ1n) is 3.42. The maximum Gasteiger partial charge on any atom is 0.0365 e. The lowest BCUT2D eigenvalue weighted by atomic mass is 10.1. The number of halogens is 3. The van der Waals surface area contributed by atoms with Gasteiger partial charge in [0.25, 0.3) is 0 Å². The Kier molecular flexibility index (Phi) is 3.76. The number of hydrogen-bond donors (Lipinski definition) is 1. The summed E-state index contributed by atoms with van der Waals surface area (Å²) < 4.78 is 3.08. The molecule has 1 atom stereocenters. The van der Waals surface area contributed by atoms with E-state index in [9.17, 15) is 0 Å². The normalized spacial score (nSPS) is 13.1. The Morgan fingerprint density at radius 2 is 1.83 bits per heavy atom. The van der Waals surface area contributed by atoms with Gasteiger partial charge in [-0.05, 0) is 56.5 Å². The molecule has 66 valence electrons. The predicted octanol–water partition coefficient (Wildman–Crippen LogP) is 3.99. The number of benzene rings is 1. The van der Waals surface area contributed by atoms with Crippen LogP contribution in [0, 0.1) is 0 Å². The van der Waals surface area contributed by atoms with Gasteiger partial charge in [-0.3, -0.25) is 0 Å². The zero-order valence-corrected chi connectivity index (χ0v) is 11.2. The SMILES string of the molecule is CC(N)c1cc(Br)cc(Br)c1Br. The van der Waals surface area contributed by atoms with Gasteiger partial charge in [0.2, 0.25) is 0 Å². The van der Waals surface area contributed by atoms with Crippen LogP contribution in [0.1, 0.15) is 18.5 Å². The van der Waals surface area contributed by atoms with Crippen molar-refractivity contribution in [3.63, 3.8) is 0 Å². The van der Waals surface area contributed by atoms with Gasteiger partial charge in [0, 0.05) is 19.5 Å². The van der Waals surface area contributed by atoms with Crippen molar-refractivity contribution in [3.05, 3.63) is 31.1 Å². The molecule has 0 aromatic heterocycles. The van der Waals surface area contributed by atoms with E-state index < -0.39 is 0 Å². The van der Waals surface area contributed by atoms with Crippen molar-refractivity contribution in [2.45, 2.75) is 13.0 Å². The lowest BCUT2D eigenvalue weighted by molar-refractivity contribution is 0.811. The quantitative estimate of drug-likeness (QED) is 0.755. The van der Waals surface area contributed by atoms with E-state index in [1.165, 1.54) is 0 Å². The molecule has 1 unspecified atom stereocenters. The predicted molar refractivity (Wildman–Crippen MR) is 62.1 cm³/mol. The summed E-state index contributed by atoms with van der Waals surface area (Å²) in [6.07, 6.45) is 0. The van der Waals surface area contributed by atoms with E-state index in [0.29, 0.717) is 0 Å². The Morgan fingerprint density at radius 3 is 2.33 bits per heavy atom.